The van der Waals surface area contributed by atoms with Gasteiger partial charge in [-0.05, 0) is 18.2 Å². The largest absolute Gasteiger partial charge is 0.382 e. The van der Waals surface area contributed by atoms with Gasteiger partial charge in [0.15, 0.2) is 0 Å². The van der Waals surface area contributed by atoms with E-state index in [9.17, 15) is 4.79 Å². The van der Waals surface area contributed by atoms with Gasteiger partial charge in [-0.3, -0.25) is 4.79 Å². The van der Waals surface area contributed by atoms with Crippen molar-refractivity contribution in [3.8, 4) is 11.8 Å². The van der Waals surface area contributed by atoms with E-state index in [0.29, 0.717) is 29.5 Å². The number of hydrogen-bond donors (Lipinski definition) is 2. The second-order valence-corrected chi connectivity index (χ2v) is 4.23. The van der Waals surface area contributed by atoms with Gasteiger partial charge in [0.1, 0.15) is 6.61 Å². The second-order valence-electron chi connectivity index (χ2n) is 3.79. The van der Waals surface area contributed by atoms with Crippen molar-refractivity contribution in [1.82, 2.24) is 0 Å². The quantitative estimate of drug-likeness (QED) is 0.612. The summed E-state index contributed by atoms with van der Waals surface area (Å²) in [5.74, 6) is 5.33. The van der Waals surface area contributed by atoms with Crippen LogP contribution in [-0.4, -0.2) is 39.4 Å². The van der Waals surface area contributed by atoms with Crippen LogP contribution in [0.1, 0.15) is 5.56 Å². The summed E-state index contributed by atoms with van der Waals surface area (Å²) in [5.41, 5.74) is 6.53. The van der Waals surface area contributed by atoms with Crippen LogP contribution in [0.4, 0.5) is 5.69 Å². The van der Waals surface area contributed by atoms with Crippen molar-refractivity contribution >= 4 is 23.2 Å². The van der Waals surface area contributed by atoms with Crippen LogP contribution in [0.3, 0.4) is 0 Å². The van der Waals surface area contributed by atoms with Crippen molar-refractivity contribution < 1.29 is 14.3 Å². The van der Waals surface area contributed by atoms with E-state index in [-0.39, 0.29) is 19.1 Å². The Morgan fingerprint density at radius 2 is 2.25 bits per heavy atom. The molecule has 6 heteroatoms. The number of amides is 1. The van der Waals surface area contributed by atoms with Gasteiger partial charge in [0.05, 0.1) is 25.4 Å². The van der Waals surface area contributed by atoms with Gasteiger partial charge in [0, 0.05) is 17.7 Å². The number of nitrogens with one attached hydrogen (secondary N) is 1. The van der Waals surface area contributed by atoms with E-state index in [2.05, 4.69) is 17.2 Å². The number of rotatable bonds is 6. The SMILES string of the molecule is COCCOCC(=O)Nc1cc(Cl)ccc1C#CCN. The number of carbonyl (C=O) groups is 1. The Bertz CT molecular complexity index is 509. The number of carbonyl (C=O) groups excluding carboxylic acids is 1. The summed E-state index contributed by atoms with van der Waals surface area (Å²) in [6.45, 7) is 0.993. The molecule has 5 nitrogen and oxygen atoms in total. The van der Waals surface area contributed by atoms with Crippen molar-refractivity contribution in [2.24, 2.45) is 5.73 Å². The molecule has 3 N–H and O–H groups in total. The van der Waals surface area contributed by atoms with Crippen LogP contribution >= 0.6 is 11.6 Å². The third kappa shape index (κ3) is 6.04. The number of benzene rings is 1. The molecule has 0 heterocycles. The summed E-state index contributed by atoms with van der Waals surface area (Å²) >= 11 is 5.91. The Kier molecular flexibility index (Phi) is 7.70. The van der Waals surface area contributed by atoms with Gasteiger partial charge in [-0.25, -0.2) is 0 Å². The second kappa shape index (κ2) is 9.34. The Morgan fingerprint density at radius 3 is 2.95 bits per heavy atom. The van der Waals surface area contributed by atoms with Gasteiger partial charge in [-0.1, -0.05) is 23.4 Å². The zero-order valence-corrected chi connectivity index (χ0v) is 12.0. The van der Waals surface area contributed by atoms with Gasteiger partial charge in [0.25, 0.3) is 0 Å². The molecule has 0 atom stereocenters. The van der Waals surface area contributed by atoms with Crippen molar-refractivity contribution in [3.63, 3.8) is 0 Å². The van der Waals surface area contributed by atoms with E-state index in [0.717, 1.165) is 0 Å². The maximum Gasteiger partial charge on any atom is 0.250 e. The molecular formula is C14H17ClN2O3. The molecule has 0 radical (unpaired) electrons. The summed E-state index contributed by atoms with van der Waals surface area (Å²) < 4.78 is 9.95. The molecule has 0 saturated carbocycles. The normalized spacial score (nSPS) is 9.75. The molecule has 0 aliphatic heterocycles. The average Bonchev–Trinajstić information content (AvgIpc) is 2.43. The Labute approximate surface area is 123 Å². The molecular weight excluding hydrogens is 280 g/mol. The van der Waals surface area contributed by atoms with Gasteiger partial charge in [0.2, 0.25) is 5.91 Å². The number of nitrogens with two attached hydrogens (primary N) is 1. The highest BCUT2D eigenvalue weighted by molar-refractivity contribution is 6.31. The predicted octanol–water partition coefficient (Wildman–Crippen LogP) is 1.25. The highest BCUT2D eigenvalue weighted by Crippen LogP contribution is 2.20. The molecule has 0 bridgehead atoms. The average molecular weight is 297 g/mol. The number of hydrogen-bond acceptors (Lipinski definition) is 4. The van der Waals surface area contributed by atoms with Crippen LogP contribution in [0.2, 0.25) is 5.02 Å². The molecule has 0 spiro atoms. The van der Waals surface area contributed by atoms with E-state index >= 15 is 0 Å². The maximum atomic E-state index is 11.7. The van der Waals surface area contributed by atoms with E-state index in [1.165, 1.54) is 0 Å². The molecule has 1 aromatic carbocycles. The number of methoxy groups -OCH3 is 1. The first-order chi connectivity index (χ1) is 9.67. The van der Waals surface area contributed by atoms with Gasteiger partial charge in [-0.15, -0.1) is 0 Å². The zero-order valence-electron chi connectivity index (χ0n) is 11.2. The molecule has 1 amide bonds. The molecule has 0 unspecified atom stereocenters. The Balaban J connectivity index is 2.65. The lowest BCUT2D eigenvalue weighted by Gasteiger charge is -2.08. The number of anilines is 1. The Morgan fingerprint density at radius 1 is 1.45 bits per heavy atom. The third-order valence-corrected chi connectivity index (χ3v) is 2.48. The van der Waals surface area contributed by atoms with Crippen LogP contribution in [0.25, 0.3) is 0 Å². The van der Waals surface area contributed by atoms with Crippen LogP contribution < -0.4 is 11.1 Å². The fourth-order valence-corrected chi connectivity index (χ4v) is 1.54. The highest BCUT2D eigenvalue weighted by atomic mass is 35.5. The zero-order chi connectivity index (χ0) is 14.8. The molecule has 0 aliphatic carbocycles. The van der Waals surface area contributed by atoms with Crippen molar-refractivity contribution in [2.75, 3.05) is 38.8 Å². The van der Waals surface area contributed by atoms with Crippen molar-refractivity contribution in [2.45, 2.75) is 0 Å². The fourth-order valence-electron chi connectivity index (χ4n) is 1.37. The van der Waals surface area contributed by atoms with Crippen LogP contribution in [0.5, 0.6) is 0 Å². The van der Waals surface area contributed by atoms with Crippen molar-refractivity contribution in [1.29, 1.82) is 0 Å². The molecule has 1 rings (SSSR count). The summed E-state index contributed by atoms with van der Waals surface area (Å²) in [7, 11) is 1.57. The standard InChI is InChI=1S/C14H17ClN2O3/c1-19-7-8-20-10-14(18)17-13-9-12(15)5-4-11(13)3-2-6-16/h4-5,9H,6-8,10,16H2,1H3,(H,17,18). The molecule has 20 heavy (non-hydrogen) atoms. The topological polar surface area (TPSA) is 73.6 Å². The van der Waals surface area contributed by atoms with E-state index in [4.69, 9.17) is 26.8 Å². The molecule has 1 aromatic rings. The molecule has 0 aromatic heterocycles. The van der Waals surface area contributed by atoms with Gasteiger partial charge in [-0.2, -0.15) is 0 Å². The van der Waals surface area contributed by atoms with Crippen molar-refractivity contribution in [3.05, 3.63) is 28.8 Å². The molecule has 108 valence electrons. The summed E-state index contributed by atoms with van der Waals surface area (Å²) in [6.07, 6.45) is 0. The first-order valence-electron chi connectivity index (χ1n) is 6.02. The van der Waals surface area contributed by atoms with Crippen LogP contribution in [0, 0.1) is 11.8 Å². The molecule has 0 saturated heterocycles. The Hall–Kier alpha value is -1.58. The smallest absolute Gasteiger partial charge is 0.250 e. The third-order valence-electron chi connectivity index (χ3n) is 2.25. The fraction of sp³-hybridized carbons (Fsp3) is 0.357. The lowest BCUT2D eigenvalue weighted by Crippen LogP contribution is -2.20. The number of ether oxygens (including phenoxy) is 2. The minimum Gasteiger partial charge on any atom is -0.382 e. The lowest BCUT2D eigenvalue weighted by atomic mass is 10.2. The van der Waals surface area contributed by atoms with Crippen LogP contribution in [-0.2, 0) is 14.3 Å². The predicted molar refractivity (Wildman–Crippen MR) is 78.7 cm³/mol. The van der Waals surface area contributed by atoms with Gasteiger partial charge < -0.3 is 20.5 Å². The molecule has 0 fully saturated rings. The monoisotopic (exact) mass is 296 g/mol. The number of halogens is 1. The summed E-state index contributed by atoms with van der Waals surface area (Å²) in [4.78, 5) is 11.7. The minimum absolute atomic E-state index is 0.0559. The maximum absolute atomic E-state index is 11.7. The summed E-state index contributed by atoms with van der Waals surface area (Å²) in [5, 5.41) is 3.22. The lowest BCUT2D eigenvalue weighted by molar-refractivity contribution is -0.121. The highest BCUT2D eigenvalue weighted by Gasteiger charge is 2.07. The minimum atomic E-state index is -0.279. The first-order valence-corrected chi connectivity index (χ1v) is 6.40. The van der Waals surface area contributed by atoms with E-state index < -0.39 is 0 Å². The van der Waals surface area contributed by atoms with E-state index in [1.807, 2.05) is 0 Å². The van der Waals surface area contributed by atoms with Crippen LogP contribution in [0.15, 0.2) is 18.2 Å². The van der Waals surface area contributed by atoms with Gasteiger partial charge >= 0.3 is 0 Å². The molecule has 0 aliphatic rings. The summed E-state index contributed by atoms with van der Waals surface area (Å²) in [6, 6.07) is 5.06. The first kappa shape index (κ1) is 16.5. The van der Waals surface area contributed by atoms with E-state index in [1.54, 1.807) is 25.3 Å².